The van der Waals surface area contributed by atoms with E-state index in [-0.39, 0.29) is 17.7 Å². The Balaban J connectivity index is 2.23. The van der Waals surface area contributed by atoms with E-state index in [0.717, 1.165) is 6.42 Å². The molecule has 1 rings (SSSR count). The van der Waals surface area contributed by atoms with Gasteiger partial charge in [0.2, 0.25) is 0 Å². The minimum Gasteiger partial charge on any atom is -0.466 e. The first-order chi connectivity index (χ1) is 8.58. The number of Topliss-reactive ketones (excluding diaryl/α,β-unsaturated/α-hetero) is 1. The number of ketones is 1. The number of hydrogen-bond acceptors (Lipinski definition) is 3. The number of carbonyl (C=O) groups excluding carboxylic acids is 2. The first kappa shape index (κ1) is 14.4. The molecule has 0 heterocycles. The largest absolute Gasteiger partial charge is 0.466 e. The molecule has 0 N–H and O–H groups in total. The van der Waals surface area contributed by atoms with Gasteiger partial charge in [-0.3, -0.25) is 9.59 Å². The second-order valence-corrected chi connectivity index (χ2v) is 4.64. The molecule has 0 saturated heterocycles. The molecular weight excluding hydrogens is 228 g/mol. The van der Waals surface area contributed by atoms with Crippen LogP contribution in [0.4, 0.5) is 0 Å². The third kappa shape index (κ3) is 6.18. The molecule has 0 spiro atoms. The van der Waals surface area contributed by atoms with Gasteiger partial charge in [0.25, 0.3) is 0 Å². The van der Waals surface area contributed by atoms with Crippen LogP contribution in [-0.2, 0) is 20.7 Å². The lowest BCUT2D eigenvalue weighted by atomic mass is 10.0. The van der Waals surface area contributed by atoms with Gasteiger partial charge >= 0.3 is 5.97 Å². The maximum Gasteiger partial charge on any atom is 0.302 e. The van der Waals surface area contributed by atoms with Gasteiger partial charge in [-0.05, 0) is 17.9 Å². The Kier molecular flexibility index (Phi) is 6.12. The van der Waals surface area contributed by atoms with Gasteiger partial charge in [-0.15, -0.1) is 0 Å². The molecule has 0 radical (unpaired) electrons. The van der Waals surface area contributed by atoms with Crippen molar-refractivity contribution in [2.24, 2.45) is 5.92 Å². The van der Waals surface area contributed by atoms with Gasteiger partial charge in [-0.2, -0.15) is 0 Å². The molecule has 0 unspecified atom stereocenters. The van der Waals surface area contributed by atoms with E-state index >= 15 is 0 Å². The molecule has 0 amide bonds. The van der Waals surface area contributed by atoms with E-state index in [2.05, 4.69) is 0 Å². The van der Waals surface area contributed by atoms with Crippen LogP contribution < -0.4 is 0 Å². The molecule has 0 aromatic heterocycles. The summed E-state index contributed by atoms with van der Waals surface area (Å²) in [6.45, 7) is 3.62. The topological polar surface area (TPSA) is 43.4 Å². The van der Waals surface area contributed by atoms with Gasteiger partial charge in [-0.25, -0.2) is 0 Å². The second-order valence-electron chi connectivity index (χ2n) is 4.64. The minimum atomic E-state index is -0.293. The molecule has 0 saturated carbocycles. The van der Waals surface area contributed by atoms with E-state index in [1.807, 2.05) is 37.3 Å². The Morgan fingerprint density at radius 1 is 1.22 bits per heavy atom. The monoisotopic (exact) mass is 248 g/mol. The molecule has 0 bridgehead atoms. The summed E-state index contributed by atoms with van der Waals surface area (Å²) in [5.41, 5.74) is 1.18. The van der Waals surface area contributed by atoms with Crippen molar-refractivity contribution in [3.8, 4) is 0 Å². The summed E-state index contributed by atoms with van der Waals surface area (Å²) in [6.07, 6.45) is 1.80. The van der Waals surface area contributed by atoms with Crippen molar-refractivity contribution in [2.75, 3.05) is 6.61 Å². The Morgan fingerprint density at radius 3 is 2.50 bits per heavy atom. The van der Waals surface area contributed by atoms with Gasteiger partial charge in [-0.1, -0.05) is 37.3 Å². The Labute approximate surface area is 108 Å². The SMILES string of the molecule is CC(=O)OC[C@@H](C)CC(=O)CCc1ccccc1. The van der Waals surface area contributed by atoms with Gasteiger partial charge in [0.05, 0.1) is 6.61 Å². The molecule has 0 aliphatic heterocycles. The van der Waals surface area contributed by atoms with Crippen molar-refractivity contribution >= 4 is 11.8 Å². The zero-order valence-electron chi connectivity index (χ0n) is 11.0. The number of aryl methyl sites for hydroxylation is 1. The van der Waals surface area contributed by atoms with Crippen LogP contribution in [0.3, 0.4) is 0 Å². The highest BCUT2D eigenvalue weighted by atomic mass is 16.5. The van der Waals surface area contributed by atoms with Crippen LogP contribution in [0.2, 0.25) is 0 Å². The number of ether oxygens (including phenoxy) is 1. The van der Waals surface area contributed by atoms with Crippen LogP contribution in [0.15, 0.2) is 30.3 Å². The van der Waals surface area contributed by atoms with Crippen molar-refractivity contribution in [2.45, 2.75) is 33.1 Å². The van der Waals surface area contributed by atoms with E-state index in [1.54, 1.807) is 0 Å². The Morgan fingerprint density at radius 2 is 1.89 bits per heavy atom. The molecule has 18 heavy (non-hydrogen) atoms. The fourth-order valence-corrected chi connectivity index (χ4v) is 1.74. The van der Waals surface area contributed by atoms with Crippen LogP contribution in [0.25, 0.3) is 0 Å². The lowest BCUT2D eigenvalue weighted by molar-refractivity contribution is -0.142. The summed E-state index contributed by atoms with van der Waals surface area (Å²) in [4.78, 5) is 22.4. The summed E-state index contributed by atoms with van der Waals surface area (Å²) in [6, 6.07) is 9.96. The Bertz CT molecular complexity index is 384. The average molecular weight is 248 g/mol. The lowest BCUT2D eigenvalue weighted by Gasteiger charge is -2.10. The fourth-order valence-electron chi connectivity index (χ4n) is 1.74. The standard InChI is InChI=1S/C15H20O3/c1-12(11-18-13(2)16)10-15(17)9-8-14-6-4-3-5-7-14/h3-7,12H,8-11H2,1-2H3/t12-/m0/s1. The van der Waals surface area contributed by atoms with Crippen LogP contribution >= 0.6 is 0 Å². The van der Waals surface area contributed by atoms with Gasteiger partial charge in [0.15, 0.2) is 0 Å². The Hall–Kier alpha value is -1.64. The predicted molar refractivity (Wildman–Crippen MR) is 70.2 cm³/mol. The molecule has 1 atom stereocenters. The number of esters is 1. The van der Waals surface area contributed by atoms with Crippen molar-refractivity contribution in [3.63, 3.8) is 0 Å². The molecule has 1 aromatic carbocycles. The van der Waals surface area contributed by atoms with E-state index in [1.165, 1.54) is 12.5 Å². The highest BCUT2D eigenvalue weighted by Gasteiger charge is 2.10. The van der Waals surface area contributed by atoms with Gasteiger partial charge < -0.3 is 4.74 Å². The summed E-state index contributed by atoms with van der Waals surface area (Å²) < 4.78 is 4.88. The van der Waals surface area contributed by atoms with E-state index < -0.39 is 0 Å². The molecule has 1 aromatic rings. The van der Waals surface area contributed by atoms with Crippen LogP contribution in [-0.4, -0.2) is 18.4 Å². The highest BCUT2D eigenvalue weighted by Crippen LogP contribution is 2.09. The summed E-state index contributed by atoms with van der Waals surface area (Å²) in [7, 11) is 0. The van der Waals surface area contributed by atoms with Gasteiger partial charge in [0, 0.05) is 19.8 Å². The number of hydrogen-bond donors (Lipinski definition) is 0. The van der Waals surface area contributed by atoms with E-state index in [4.69, 9.17) is 4.74 Å². The highest BCUT2D eigenvalue weighted by molar-refractivity contribution is 5.78. The molecule has 3 heteroatoms. The number of rotatable bonds is 7. The number of carbonyl (C=O) groups is 2. The molecule has 0 fully saturated rings. The van der Waals surface area contributed by atoms with E-state index in [0.29, 0.717) is 19.4 Å². The normalized spacial score (nSPS) is 11.9. The molecule has 0 aliphatic rings. The maximum atomic E-state index is 11.7. The smallest absolute Gasteiger partial charge is 0.302 e. The average Bonchev–Trinajstić information content (AvgIpc) is 2.35. The van der Waals surface area contributed by atoms with Crippen molar-refractivity contribution in [1.29, 1.82) is 0 Å². The van der Waals surface area contributed by atoms with Crippen LogP contribution in [0, 0.1) is 5.92 Å². The molecule has 0 aliphatic carbocycles. The molecule has 3 nitrogen and oxygen atoms in total. The van der Waals surface area contributed by atoms with Crippen LogP contribution in [0.5, 0.6) is 0 Å². The lowest BCUT2D eigenvalue weighted by Crippen LogP contribution is -2.14. The molecule has 98 valence electrons. The first-order valence-electron chi connectivity index (χ1n) is 6.27. The quantitative estimate of drug-likeness (QED) is 0.697. The summed E-state index contributed by atoms with van der Waals surface area (Å²) >= 11 is 0. The third-order valence-corrected chi connectivity index (χ3v) is 2.68. The predicted octanol–water partition coefficient (Wildman–Crippen LogP) is 2.78. The van der Waals surface area contributed by atoms with Crippen molar-refractivity contribution in [1.82, 2.24) is 0 Å². The third-order valence-electron chi connectivity index (χ3n) is 2.68. The summed E-state index contributed by atoms with van der Waals surface area (Å²) in [5, 5.41) is 0. The zero-order valence-corrected chi connectivity index (χ0v) is 11.0. The maximum absolute atomic E-state index is 11.7. The zero-order chi connectivity index (χ0) is 13.4. The van der Waals surface area contributed by atoms with E-state index in [9.17, 15) is 9.59 Å². The summed E-state index contributed by atoms with van der Waals surface area (Å²) in [5.74, 6) is 0.0225. The van der Waals surface area contributed by atoms with Gasteiger partial charge in [0.1, 0.15) is 5.78 Å². The molecular formula is C15H20O3. The number of benzene rings is 1. The fraction of sp³-hybridized carbons (Fsp3) is 0.467. The minimum absolute atomic E-state index is 0.0946. The first-order valence-corrected chi connectivity index (χ1v) is 6.27. The second kappa shape index (κ2) is 7.64. The van der Waals surface area contributed by atoms with Crippen molar-refractivity contribution < 1.29 is 14.3 Å². The van der Waals surface area contributed by atoms with Crippen molar-refractivity contribution in [3.05, 3.63) is 35.9 Å². The van der Waals surface area contributed by atoms with Crippen LogP contribution in [0.1, 0.15) is 32.3 Å².